The Kier molecular flexibility index (Phi) is 3.27. The second-order valence-corrected chi connectivity index (χ2v) is 9.40. The van der Waals surface area contributed by atoms with Crippen LogP contribution in [0.2, 0.25) is 4.82 Å². The third-order valence-electron chi connectivity index (χ3n) is 4.80. The molecule has 21 heavy (non-hydrogen) atoms. The van der Waals surface area contributed by atoms with E-state index >= 15 is 0 Å². The average molecular weight is 351 g/mol. The van der Waals surface area contributed by atoms with Crippen molar-refractivity contribution >= 4 is 25.2 Å². The Balaban J connectivity index is 1.50. The molecule has 4 heteroatoms. The minimum atomic E-state index is -0.525. The summed E-state index contributed by atoms with van der Waals surface area (Å²) in [6, 6.07) is 10.4. The number of ketones is 1. The van der Waals surface area contributed by atoms with E-state index in [0.29, 0.717) is 11.7 Å². The Hall–Kier alpha value is -0.671. The van der Waals surface area contributed by atoms with Crippen molar-refractivity contribution in [1.29, 1.82) is 0 Å². The molecule has 0 radical (unpaired) electrons. The fraction of sp³-hybridized carbons (Fsp3) is 0.588. The van der Waals surface area contributed by atoms with E-state index in [9.17, 15) is 4.79 Å². The summed E-state index contributed by atoms with van der Waals surface area (Å²) in [5, 5.41) is 0. The SMILES string of the molecule is CC1(C)O[C@H]2[C@@H]3C(=O)C([Se]c4ccccc4)C[C@@H]3C[C@H]2O1. The number of fused-ring (bicyclic) bond motifs is 3. The van der Waals surface area contributed by atoms with Gasteiger partial charge in [0, 0.05) is 0 Å². The van der Waals surface area contributed by atoms with Crippen molar-refractivity contribution in [2.45, 2.75) is 49.5 Å². The van der Waals surface area contributed by atoms with Gasteiger partial charge < -0.3 is 0 Å². The Bertz CT molecular complexity index is 556. The molecule has 3 nitrogen and oxygen atoms in total. The summed E-state index contributed by atoms with van der Waals surface area (Å²) in [4.78, 5) is 13.1. The van der Waals surface area contributed by atoms with Crippen LogP contribution in [-0.2, 0) is 14.3 Å². The van der Waals surface area contributed by atoms with Gasteiger partial charge in [0.05, 0.1) is 0 Å². The van der Waals surface area contributed by atoms with Gasteiger partial charge in [-0.2, -0.15) is 0 Å². The zero-order valence-electron chi connectivity index (χ0n) is 12.3. The quantitative estimate of drug-likeness (QED) is 0.764. The van der Waals surface area contributed by atoms with Crippen LogP contribution in [0.3, 0.4) is 0 Å². The summed E-state index contributed by atoms with van der Waals surface area (Å²) in [7, 11) is 0. The number of ether oxygens (including phenoxy) is 2. The minimum absolute atomic E-state index is 0.00549. The van der Waals surface area contributed by atoms with Crippen LogP contribution >= 0.6 is 0 Å². The number of benzene rings is 1. The molecule has 1 aromatic carbocycles. The molecular weight excluding hydrogens is 331 g/mol. The summed E-state index contributed by atoms with van der Waals surface area (Å²) in [6.07, 6.45) is 2.14. The monoisotopic (exact) mass is 352 g/mol. The molecular formula is C17H20O3Se. The number of rotatable bonds is 2. The Labute approximate surface area is 131 Å². The second-order valence-electron chi connectivity index (χ2n) is 6.72. The number of hydrogen-bond donors (Lipinski definition) is 0. The maximum absolute atomic E-state index is 12.8. The summed E-state index contributed by atoms with van der Waals surface area (Å²) in [6.45, 7) is 3.90. The van der Waals surface area contributed by atoms with Gasteiger partial charge in [0.1, 0.15) is 0 Å². The van der Waals surface area contributed by atoms with Gasteiger partial charge in [-0.1, -0.05) is 0 Å². The van der Waals surface area contributed by atoms with Crippen molar-refractivity contribution in [3.8, 4) is 0 Å². The van der Waals surface area contributed by atoms with Crippen molar-refractivity contribution in [3.05, 3.63) is 30.3 Å². The Morgan fingerprint density at radius 3 is 2.67 bits per heavy atom. The van der Waals surface area contributed by atoms with E-state index in [-0.39, 0.29) is 37.9 Å². The molecule has 2 saturated carbocycles. The molecule has 1 saturated heterocycles. The fourth-order valence-corrected chi connectivity index (χ4v) is 6.72. The molecule has 0 N–H and O–H groups in total. The number of carbonyl (C=O) groups is 1. The summed E-state index contributed by atoms with van der Waals surface area (Å²) >= 11 is 0.243. The third kappa shape index (κ3) is 2.39. The van der Waals surface area contributed by atoms with Crippen LogP contribution in [-0.4, -0.2) is 38.7 Å². The van der Waals surface area contributed by atoms with E-state index in [2.05, 4.69) is 24.3 Å². The Morgan fingerprint density at radius 1 is 1.14 bits per heavy atom. The first-order valence-electron chi connectivity index (χ1n) is 7.64. The normalized spacial score (nSPS) is 40.3. The first-order valence-corrected chi connectivity index (χ1v) is 9.49. The Morgan fingerprint density at radius 2 is 1.90 bits per heavy atom. The standard InChI is InChI=1S/C17H20O3Se/c1-17(2)19-12-8-10-9-13(15(18)14(10)16(12)20-17)21-11-6-4-3-5-7-11/h3-7,10,12-14,16H,8-9H2,1-2H3/t10-,12+,13?,14-,16+/m0/s1. The van der Waals surface area contributed by atoms with Crippen molar-refractivity contribution in [3.63, 3.8) is 0 Å². The third-order valence-corrected chi connectivity index (χ3v) is 7.43. The van der Waals surface area contributed by atoms with Gasteiger partial charge in [0.15, 0.2) is 0 Å². The fourth-order valence-electron chi connectivity index (χ4n) is 4.08. The van der Waals surface area contributed by atoms with E-state index in [1.54, 1.807) is 0 Å². The molecule has 0 amide bonds. The van der Waals surface area contributed by atoms with Crippen LogP contribution in [0.15, 0.2) is 30.3 Å². The first kappa shape index (κ1) is 14.0. The first-order chi connectivity index (χ1) is 10.0. The van der Waals surface area contributed by atoms with Crippen LogP contribution in [0.1, 0.15) is 26.7 Å². The second kappa shape index (κ2) is 4.92. The molecule has 1 heterocycles. The summed E-state index contributed by atoms with van der Waals surface area (Å²) in [5.74, 6) is 0.452. The van der Waals surface area contributed by atoms with Crippen LogP contribution in [0.5, 0.6) is 0 Å². The molecule has 0 bridgehead atoms. The van der Waals surface area contributed by atoms with Gasteiger partial charge in [-0.3, -0.25) is 0 Å². The van der Waals surface area contributed by atoms with Gasteiger partial charge in [0.2, 0.25) is 0 Å². The average Bonchev–Trinajstić information content (AvgIpc) is 2.99. The predicted octanol–water partition coefficient (Wildman–Crippen LogP) is 1.93. The molecule has 112 valence electrons. The molecule has 1 aliphatic heterocycles. The predicted molar refractivity (Wildman–Crippen MR) is 80.6 cm³/mol. The van der Waals surface area contributed by atoms with Gasteiger partial charge in [0.25, 0.3) is 0 Å². The molecule has 0 spiro atoms. The number of Topliss-reactive ketones (excluding diaryl/α,β-unsaturated/α-hetero) is 1. The van der Waals surface area contributed by atoms with Crippen LogP contribution < -0.4 is 4.46 Å². The van der Waals surface area contributed by atoms with E-state index in [4.69, 9.17) is 9.47 Å². The van der Waals surface area contributed by atoms with Crippen LogP contribution in [0.4, 0.5) is 0 Å². The van der Waals surface area contributed by atoms with Gasteiger partial charge in [-0.15, -0.1) is 0 Å². The van der Waals surface area contributed by atoms with Crippen molar-refractivity contribution in [1.82, 2.24) is 0 Å². The van der Waals surface area contributed by atoms with Crippen molar-refractivity contribution in [2.24, 2.45) is 11.8 Å². The van der Waals surface area contributed by atoms with E-state index in [1.165, 1.54) is 4.46 Å². The zero-order chi connectivity index (χ0) is 14.6. The number of hydrogen-bond acceptors (Lipinski definition) is 3. The molecule has 4 rings (SSSR count). The summed E-state index contributed by atoms with van der Waals surface area (Å²) < 4.78 is 13.3. The number of carbonyl (C=O) groups excluding carboxylic acids is 1. The van der Waals surface area contributed by atoms with Crippen LogP contribution in [0.25, 0.3) is 0 Å². The molecule has 3 fully saturated rings. The molecule has 1 unspecified atom stereocenters. The van der Waals surface area contributed by atoms with E-state index < -0.39 is 5.79 Å². The zero-order valence-corrected chi connectivity index (χ0v) is 14.0. The molecule has 5 atom stereocenters. The van der Waals surface area contributed by atoms with Gasteiger partial charge in [-0.05, 0) is 0 Å². The molecule has 3 aliphatic rings. The van der Waals surface area contributed by atoms with E-state index in [1.807, 2.05) is 19.9 Å². The molecule has 0 aromatic heterocycles. The van der Waals surface area contributed by atoms with Crippen molar-refractivity contribution in [2.75, 3.05) is 0 Å². The van der Waals surface area contributed by atoms with Crippen LogP contribution in [0, 0.1) is 11.8 Å². The maximum atomic E-state index is 12.8. The van der Waals surface area contributed by atoms with E-state index in [0.717, 1.165) is 12.8 Å². The van der Waals surface area contributed by atoms with Crippen molar-refractivity contribution < 1.29 is 14.3 Å². The molecule has 1 aromatic rings. The topological polar surface area (TPSA) is 35.5 Å². The summed E-state index contributed by atoms with van der Waals surface area (Å²) in [5.41, 5.74) is 0. The van der Waals surface area contributed by atoms with Gasteiger partial charge >= 0.3 is 131 Å². The van der Waals surface area contributed by atoms with Gasteiger partial charge in [-0.25, -0.2) is 0 Å². The molecule has 2 aliphatic carbocycles.